The summed E-state index contributed by atoms with van der Waals surface area (Å²) in [6.45, 7) is 20.5. The summed E-state index contributed by atoms with van der Waals surface area (Å²) in [5, 5.41) is 0. The van der Waals surface area contributed by atoms with Crippen LogP contribution in [0.15, 0.2) is 0 Å². The smallest absolute Gasteiger partial charge is 0.247 e. The van der Waals surface area contributed by atoms with Gasteiger partial charge in [0.25, 0.3) is 11.8 Å². The van der Waals surface area contributed by atoms with E-state index in [9.17, 15) is 132 Å². The van der Waals surface area contributed by atoms with Gasteiger partial charge >= 0.3 is 42.0 Å². The summed E-state index contributed by atoms with van der Waals surface area (Å²) in [5.74, 6) is -32.6. The fourth-order valence-electron chi connectivity index (χ4n) is 8.00. The number of alkyl halides is 30. The molecule has 0 aliphatic heterocycles. The van der Waals surface area contributed by atoms with Gasteiger partial charge in [0.15, 0.2) is 0 Å². The second kappa shape index (κ2) is 32.3. The number of rotatable bonds is 2. The molecule has 30 heteroatoms. The minimum Gasteiger partial charge on any atom is -0.247 e. The van der Waals surface area contributed by atoms with Crippen LogP contribution >= 0.6 is 0 Å². The monoisotopic (exact) mass is 1410 g/mol. The highest BCUT2D eigenvalue weighted by molar-refractivity contribution is 5.14. The molecule has 13 saturated carbocycles. The summed E-state index contributed by atoms with van der Waals surface area (Å²) in [7, 11) is 0. The van der Waals surface area contributed by atoms with Gasteiger partial charge in [-0.15, -0.1) is 0 Å². The lowest BCUT2D eigenvalue weighted by atomic mass is 9.74. The highest BCUT2D eigenvalue weighted by atomic mass is 19.4. The van der Waals surface area contributed by atoms with Crippen molar-refractivity contribution in [2.45, 2.75) is 309 Å². The molecule has 0 spiro atoms. The lowest BCUT2D eigenvalue weighted by molar-refractivity contribution is -0.431. The standard InChI is InChI=1S/C5H4F6.C5H6F4.2C5H7F3.4C5H8F2.2C5H9F.C4H6F2.2C4H7F/c1-2-3(6,7)5(10,11)4(2,8)9;1-3-2-4(6,7)5(3,8)9;1-4(2-3-4)5(6,7)8;1-3-2-4(3)5(6,7)8;1-4-2-5(6,7)3-4;1-5(2-3-5)4(6)7;1-4-2-3-5(4,6)7;1-3-2-4(3)5(6)7;1-4-2-5(6)3-4;1-4-2-3-5(4)6;1-3-2-4(3,5)6;1-4(5)2-3-4;1-3-2-4(3)5/h2H,1H3;3H,2H2,1H3;2-3H2,1H3;3-4H,2H2,1H3;3*4H,2-3H2,1H3;3-5H,2H2,1H3;2*4-5H,2-3H2,1H3;3H,2H2,1H3;2-3H2,1H3;3-4H,2H2,1H3. The van der Waals surface area contributed by atoms with E-state index in [2.05, 4.69) is 6.92 Å². The Morgan fingerprint density at radius 3 is 0.783 bits per heavy atom. The molecule has 13 fully saturated rings. The van der Waals surface area contributed by atoms with Crippen LogP contribution in [0, 0.1) is 81.8 Å². The predicted octanol–water partition coefficient (Wildman–Crippen LogP) is 25.5. The zero-order valence-corrected chi connectivity index (χ0v) is 54.1. The first-order valence-electron chi connectivity index (χ1n) is 31.2. The highest BCUT2D eigenvalue weighted by Crippen LogP contribution is 2.64. The van der Waals surface area contributed by atoms with Crippen molar-refractivity contribution in [1.82, 2.24) is 0 Å². The maximum atomic E-state index is 12.0. The molecule has 0 saturated heterocycles. The Balaban J connectivity index is 0.000000501. The lowest BCUT2D eigenvalue weighted by Gasteiger charge is -2.48. The van der Waals surface area contributed by atoms with E-state index in [1.54, 1.807) is 34.6 Å². The molecule has 0 amide bonds. The first-order valence-corrected chi connectivity index (χ1v) is 31.2. The van der Waals surface area contributed by atoms with Crippen molar-refractivity contribution in [1.29, 1.82) is 0 Å². The number of hydrogen-bond donors (Lipinski definition) is 0. The average Bonchev–Trinajstić information content (AvgIpc) is 0.799. The van der Waals surface area contributed by atoms with E-state index in [0.717, 1.165) is 58.3 Å². The predicted molar refractivity (Wildman–Crippen MR) is 290 cm³/mol. The Bertz CT molecular complexity index is 2080. The van der Waals surface area contributed by atoms with Crippen LogP contribution in [0.2, 0.25) is 0 Å². The number of hydrogen-bond acceptors (Lipinski definition) is 0. The van der Waals surface area contributed by atoms with Gasteiger partial charge in [-0.25, -0.2) is 61.5 Å². The fourth-order valence-corrected chi connectivity index (χ4v) is 8.00. The molecular weight excluding hydrogens is 1310 g/mol. The van der Waals surface area contributed by atoms with Crippen LogP contribution in [0.25, 0.3) is 0 Å². The third-order valence-electron chi connectivity index (χ3n) is 18.7. The van der Waals surface area contributed by atoms with E-state index in [1.165, 1.54) is 6.92 Å². The first-order chi connectivity index (χ1) is 40.8. The summed E-state index contributed by atoms with van der Waals surface area (Å²) < 4.78 is 352. The van der Waals surface area contributed by atoms with Crippen molar-refractivity contribution in [2.75, 3.05) is 0 Å². The summed E-state index contributed by atoms with van der Waals surface area (Å²) in [6, 6.07) is 0. The van der Waals surface area contributed by atoms with E-state index >= 15 is 0 Å². The van der Waals surface area contributed by atoms with Crippen LogP contribution in [0.4, 0.5) is 132 Å². The molecule has 552 valence electrons. The first kappa shape index (κ1) is 87.9. The van der Waals surface area contributed by atoms with Gasteiger partial charge in [0, 0.05) is 61.2 Å². The van der Waals surface area contributed by atoms with Crippen LogP contribution in [0.1, 0.15) is 212 Å². The molecule has 92 heavy (non-hydrogen) atoms. The molecule has 13 aliphatic carbocycles. The third kappa shape index (κ3) is 28.0. The second-order valence-electron chi connectivity index (χ2n) is 28.9. The summed E-state index contributed by atoms with van der Waals surface area (Å²) in [4.78, 5) is 0. The zero-order chi connectivity index (χ0) is 72.7. The molecule has 0 N–H and O–H groups in total. The minimum absolute atomic E-state index is 0.104. The molecule has 13 aliphatic rings. The highest BCUT2D eigenvalue weighted by Gasteiger charge is 2.88. The van der Waals surface area contributed by atoms with Gasteiger partial charge in [-0.1, -0.05) is 83.1 Å². The topological polar surface area (TPSA) is 0 Å². The molecule has 0 heterocycles. The maximum Gasteiger partial charge on any atom is 0.394 e. The summed E-state index contributed by atoms with van der Waals surface area (Å²) in [6.07, 6.45) is -3.94. The van der Waals surface area contributed by atoms with Crippen LogP contribution in [0.5, 0.6) is 0 Å². The van der Waals surface area contributed by atoms with Crippen molar-refractivity contribution in [3.63, 3.8) is 0 Å². The largest absolute Gasteiger partial charge is 0.394 e. The Labute approximate surface area is 521 Å². The summed E-state index contributed by atoms with van der Waals surface area (Å²) >= 11 is 0. The fraction of sp³-hybridized carbons (Fsp3) is 1.00. The molecule has 0 aromatic heterocycles. The molecule has 11 atom stereocenters. The summed E-state index contributed by atoms with van der Waals surface area (Å²) in [5.41, 5.74) is -2.65. The number of halogens is 30. The normalized spacial score (nSPS) is 35.9. The van der Waals surface area contributed by atoms with Gasteiger partial charge in [0.2, 0.25) is 18.8 Å². The van der Waals surface area contributed by atoms with Crippen LogP contribution in [-0.4, -0.2) is 96.8 Å². The molecule has 13 rings (SSSR count). The Hall–Kier alpha value is -2.10. The van der Waals surface area contributed by atoms with Crippen LogP contribution in [-0.2, 0) is 0 Å². The van der Waals surface area contributed by atoms with E-state index in [-0.39, 0.29) is 55.3 Å². The molecule has 0 nitrogen and oxygen atoms in total. The Morgan fingerprint density at radius 1 is 0.402 bits per heavy atom. The molecular formula is C62H94F30. The quantitative estimate of drug-likeness (QED) is 0.242. The van der Waals surface area contributed by atoms with Gasteiger partial charge in [-0.2, -0.15) is 70.2 Å². The second-order valence-corrected chi connectivity index (χ2v) is 28.9. The van der Waals surface area contributed by atoms with Crippen LogP contribution in [0.3, 0.4) is 0 Å². The van der Waals surface area contributed by atoms with Crippen molar-refractivity contribution in [3.8, 4) is 0 Å². The Kier molecular flexibility index (Phi) is 30.8. The third-order valence-corrected chi connectivity index (χ3v) is 18.7. The molecule has 0 aromatic carbocycles. The zero-order valence-electron chi connectivity index (χ0n) is 54.1. The van der Waals surface area contributed by atoms with E-state index in [4.69, 9.17) is 0 Å². The van der Waals surface area contributed by atoms with Gasteiger partial charge in [-0.05, 0) is 132 Å². The van der Waals surface area contributed by atoms with Gasteiger partial charge < -0.3 is 0 Å². The lowest BCUT2D eigenvalue weighted by Crippen LogP contribution is -2.73. The van der Waals surface area contributed by atoms with E-state index < -0.39 is 132 Å². The molecule has 0 bridgehead atoms. The van der Waals surface area contributed by atoms with Crippen molar-refractivity contribution in [3.05, 3.63) is 0 Å². The maximum absolute atomic E-state index is 12.0. The Morgan fingerprint density at radius 2 is 0.772 bits per heavy atom. The average molecular weight is 1410 g/mol. The molecule has 11 unspecified atom stereocenters. The van der Waals surface area contributed by atoms with Gasteiger partial charge in [0.05, 0.1) is 17.3 Å². The van der Waals surface area contributed by atoms with Gasteiger partial charge in [0.1, 0.15) is 24.2 Å². The van der Waals surface area contributed by atoms with Crippen molar-refractivity contribution in [2.24, 2.45) is 81.8 Å². The minimum atomic E-state index is -5.18. The SMILES string of the molecule is CC1(C(F)(F)F)CC1.CC1(C(F)F)CC1.CC1(F)CC1.CC1C(F)(F)C(F)(F)C1(F)F.CC1CC(F)(F)C1.CC1CC(F)(F)C1(F)F.CC1CC(F)C1.CC1CC1(F)F.CC1CC1C(F)(F)F.CC1CC1C(F)F.CC1CC1F.CC1CCC1(F)F.CC1CCC1F. The van der Waals surface area contributed by atoms with E-state index in [1.807, 2.05) is 27.7 Å². The molecule has 0 aromatic rings. The van der Waals surface area contributed by atoms with Gasteiger partial charge in [-0.3, -0.25) is 0 Å². The van der Waals surface area contributed by atoms with Crippen molar-refractivity contribution < 1.29 is 132 Å². The van der Waals surface area contributed by atoms with E-state index in [0.29, 0.717) is 69.1 Å². The molecule has 0 radical (unpaired) electrons. The van der Waals surface area contributed by atoms with Crippen LogP contribution < -0.4 is 0 Å². The van der Waals surface area contributed by atoms with Crippen molar-refractivity contribution >= 4 is 0 Å².